The fourth-order valence-electron chi connectivity index (χ4n) is 7.28. The van der Waals surface area contributed by atoms with Crippen molar-refractivity contribution in [3.63, 3.8) is 0 Å². The van der Waals surface area contributed by atoms with Crippen molar-refractivity contribution in [1.82, 2.24) is 15.5 Å². The second-order valence-corrected chi connectivity index (χ2v) is 18.8. The molecule has 15 nitrogen and oxygen atoms in total. The van der Waals surface area contributed by atoms with E-state index in [1.165, 1.54) is 0 Å². The molecule has 2 amide bonds. The lowest BCUT2D eigenvalue weighted by Gasteiger charge is -2.32. The predicted molar refractivity (Wildman–Crippen MR) is 237 cm³/mol. The molecule has 0 radical (unpaired) electrons. The number of carbonyl (C=O) groups excluding carboxylic acids is 6. The maximum Gasteiger partial charge on any atom is 0.510 e. The smallest absolute Gasteiger partial charge is 0.421 e. The van der Waals surface area contributed by atoms with Crippen LogP contribution in [0.5, 0.6) is 0 Å². The molecular weight excluding hydrogens is 831 g/mol. The number of nitrogens with one attached hydrogen (secondary N) is 2. The summed E-state index contributed by atoms with van der Waals surface area (Å²) in [5.41, 5.74) is -0.527. The molecule has 2 aromatic carbocycles. The van der Waals surface area contributed by atoms with Crippen molar-refractivity contribution in [1.29, 1.82) is 0 Å². The van der Waals surface area contributed by atoms with Crippen molar-refractivity contribution in [3.05, 3.63) is 71.8 Å². The third-order valence-electron chi connectivity index (χ3n) is 10.5. The Morgan fingerprint density at radius 3 is 1.95 bits per heavy atom. The topological polar surface area (TPSA) is 201 Å². The number of benzene rings is 2. The average molecular weight is 896 g/mol. The second kappa shape index (κ2) is 26.0. The molecule has 1 unspecified atom stereocenters. The Balaban J connectivity index is 1.92. The first-order valence-corrected chi connectivity index (χ1v) is 23.3. The van der Waals surface area contributed by atoms with Crippen LogP contribution in [0.15, 0.2) is 60.7 Å². The number of morpholine rings is 1. The van der Waals surface area contributed by atoms with Crippen molar-refractivity contribution in [3.8, 4) is 12.3 Å². The number of carbonyl (C=O) groups is 6. The first-order chi connectivity index (χ1) is 29.8. The first-order valence-electron chi connectivity index (χ1n) is 21.5. The standard InChI is InChI=1S/C47H65N3O12S/c1-8-23-60-46(56)62-47(6,32-61-63(7,57)58)43(53)41(27-34(4)5)49-45(55)38(28-36-17-13-10-14-18-36)30-42(52)40(26-33(2)3)48-44(54)37(20-19-35-15-11-9-12-16-35)29-39(51)31-50-21-24-59-25-22-50/h1,9-18,33-34,37-38,40-41H,19-32H2,2-7H3,(H,48,54)(H,49,55)/t37-,38-,40+,41+,47?/m1/s1. The van der Waals surface area contributed by atoms with Crippen LogP contribution in [0.2, 0.25) is 0 Å². The van der Waals surface area contributed by atoms with E-state index in [1.54, 1.807) is 38.1 Å². The normalized spacial score (nSPS) is 16.1. The maximum atomic E-state index is 14.4. The summed E-state index contributed by atoms with van der Waals surface area (Å²) in [4.78, 5) is 85.3. The van der Waals surface area contributed by atoms with Gasteiger partial charge in [-0.2, -0.15) is 8.42 Å². The Bertz CT molecular complexity index is 1960. The van der Waals surface area contributed by atoms with Gasteiger partial charge in [0, 0.05) is 37.8 Å². The van der Waals surface area contributed by atoms with E-state index in [1.807, 2.05) is 55.1 Å². The summed E-state index contributed by atoms with van der Waals surface area (Å²) < 4.78 is 44.5. The molecule has 1 fully saturated rings. The third kappa shape index (κ3) is 19.5. The van der Waals surface area contributed by atoms with Crippen molar-refractivity contribution in [2.75, 3.05) is 52.3 Å². The minimum atomic E-state index is -4.13. The molecule has 2 N–H and O–H groups in total. The van der Waals surface area contributed by atoms with Gasteiger partial charge in [0.1, 0.15) is 12.4 Å². The van der Waals surface area contributed by atoms with E-state index in [9.17, 15) is 37.2 Å². The lowest BCUT2D eigenvalue weighted by atomic mass is 9.86. The highest BCUT2D eigenvalue weighted by molar-refractivity contribution is 7.86. The summed E-state index contributed by atoms with van der Waals surface area (Å²) in [6.07, 6.45) is 5.55. The number of amides is 2. The minimum Gasteiger partial charge on any atom is -0.421 e. The Kier molecular flexibility index (Phi) is 21.6. The van der Waals surface area contributed by atoms with Crippen molar-refractivity contribution in [2.24, 2.45) is 23.7 Å². The number of terminal acetylenes is 1. The van der Waals surface area contributed by atoms with Crippen LogP contribution in [0.4, 0.5) is 4.79 Å². The van der Waals surface area contributed by atoms with Crippen LogP contribution < -0.4 is 10.6 Å². The SMILES string of the molecule is C#CCOC(=O)OC(C)(COS(C)(=O)=O)C(=O)[C@H](CC(C)C)NC(=O)[C@@H](CC(=O)[C@H](CC(C)C)NC(=O)[C@H](CCc1ccccc1)CC(=O)CN1CCOCC1)Cc1ccccc1. The van der Waals surface area contributed by atoms with Gasteiger partial charge in [0.2, 0.25) is 17.6 Å². The highest BCUT2D eigenvalue weighted by Gasteiger charge is 2.45. The molecule has 2 aromatic rings. The lowest BCUT2D eigenvalue weighted by molar-refractivity contribution is -0.146. The average Bonchev–Trinajstić information content (AvgIpc) is 3.23. The van der Waals surface area contributed by atoms with Gasteiger partial charge in [0.05, 0.1) is 38.1 Å². The van der Waals surface area contributed by atoms with E-state index in [-0.39, 0.29) is 56.3 Å². The Labute approximate surface area is 372 Å². The van der Waals surface area contributed by atoms with E-state index in [0.717, 1.165) is 24.3 Å². The molecule has 1 aliphatic rings. The molecule has 346 valence electrons. The van der Waals surface area contributed by atoms with Gasteiger partial charge in [-0.3, -0.25) is 33.1 Å². The minimum absolute atomic E-state index is 0.0115. The summed E-state index contributed by atoms with van der Waals surface area (Å²) >= 11 is 0. The molecular formula is C47H65N3O12S. The molecule has 0 aliphatic carbocycles. The van der Waals surface area contributed by atoms with E-state index in [4.69, 9.17) is 24.8 Å². The van der Waals surface area contributed by atoms with Crippen molar-refractivity contribution < 1.29 is 55.6 Å². The summed E-state index contributed by atoms with van der Waals surface area (Å²) in [6.45, 7) is 9.64. The summed E-state index contributed by atoms with van der Waals surface area (Å²) in [6, 6.07) is 16.3. The number of aryl methyl sites for hydroxylation is 1. The van der Waals surface area contributed by atoms with Gasteiger partial charge >= 0.3 is 6.16 Å². The molecule has 0 bridgehead atoms. The van der Waals surface area contributed by atoms with Crippen LogP contribution in [0.3, 0.4) is 0 Å². The number of nitrogens with zero attached hydrogens (tertiary/aromatic N) is 1. The fourth-order valence-corrected chi connectivity index (χ4v) is 7.72. The van der Waals surface area contributed by atoms with Crippen LogP contribution in [0.1, 0.15) is 77.8 Å². The predicted octanol–water partition coefficient (Wildman–Crippen LogP) is 4.50. The number of hydrogen-bond acceptors (Lipinski definition) is 13. The number of Topliss-reactive ketones (excluding diaryl/α,β-unsaturated/α-hetero) is 3. The molecule has 0 saturated carbocycles. The first kappa shape index (κ1) is 52.4. The van der Waals surface area contributed by atoms with Crippen molar-refractivity contribution in [2.45, 2.75) is 97.2 Å². The molecule has 3 rings (SSSR count). The van der Waals surface area contributed by atoms with E-state index in [0.29, 0.717) is 39.1 Å². The van der Waals surface area contributed by atoms with Crippen LogP contribution in [-0.2, 0) is 65.3 Å². The number of ketones is 3. The maximum absolute atomic E-state index is 14.4. The quantitative estimate of drug-likeness (QED) is 0.0723. The van der Waals surface area contributed by atoms with Gasteiger partial charge in [-0.1, -0.05) is 94.3 Å². The van der Waals surface area contributed by atoms with Gasteiger partial charge < -0.3 is 24.8 Å². The largest absolute Gasteiger partial charge is 0.510 e. The van der Waals surface area contributed by atoms with Crippen LogP contribution in [-0.4, -0.2) is 119 Å². The third-order valence-corrected chi connectivity index (χ3v) is 11.1. The molecule has 1 saturated heterocycles. The summed E-state index contributed by atoms with van der Waals surface area (Å²) in [5.74, 6) is -2.40. The Morgan fingerprint density at radius 2 is 1.38 bits per heavy atom. The van der Waals surface area contributed by atoms with Crippen LogP contribution in [0.25, 0.3) is 0 Å². The molecule has 1 heterocycles. The molecule has 0 aromatic heterocycles. The van der Waals surface area contributed by atoms with Crippen LogP contribution >= 0.6 is 0 Å². The highest BCUT2D eigenvalue weighted by atomic mass is 32.2. The van der Waals surface area contributed by atoms with Gasteiger partial charge in [-0.25, -0.2) is 4.79 Å². The highest BCUT2D eigenvalue weighted by Crippen LogP contribution is 2.24. The zero-order valence-electron chi connectivity index (χ0n) is 37.5. The number of rotatable bonds is 27. The zero-order chi connectivity index (χ0) is 46.6. The van der Waals surface area contributed by atoms with Gasteiger partial charge in [-0.05, 0) is 62.0 Å². The molecule has 5 atom stereocenters. The van der Waals surface area contributed by atoms with Gasteiger partial charge in [0.25, 0.3) is 10.1 Å². The molecule has 0 spiro atoms. The Hall–Kier alpha value is -4.95. The number of ether oxygens (including phenoxy) is 3. The fraction of sp³-hybridized carbons (Fsp3) is 0.574. The monoisotopic (exact) mass is 895 g/mol. The molecule has 1 aliphatic heterocycles. The number of hydrogen-bond donors (Lipinski definition) is 2. The Morgan fingerprint density at radius 1 is 0.825 bits per heavy atom. The van der Waals surface area contributed by atoms with E-state index < -0.39 is 82.4 Å². The molecule has 16 heteroatoms. The second-order valence-electron chi connectivity index (χ2n) is 17.2. The zero-order valence-corrected chi connectivity index (χ0v) is 38.3. The van der Waals surface area contributed by atoms with Crippen LogP contribution in [0, 0.1) is 36.0 Å². The van der Waals surface area contributed by atoms with Gasteiger partial charge in [-0.15, -0.1) is 6.42 Å². The van der Waals surface area contributed by atoms with Gasteiger partial charge in [0.15, 0.2) is 18.0 Å². The summed E-state index contributed by atoms with van der Waals surface area (Å²) in [7, 11) is -4.13. The van der Waals surface area contributed by atoms with Crippen molar-refractivity contribution >= 4 is 45.4 Å². The molecule has 63 heavy (non-hydrogen) atoms. The summed E-state index contributed by atoms with van der Waals surface area (Å²) in [5, 5.41) is 5.74. The lowest BCUT2D eigenvalue weighted by Crippen LogP contribution is -2.56. The van der Waals surface area contributed by atoms with E-state index in [2.05, 4.69) is 16.6 Å². The van der Waals surface area contributed by atoms with E-state index >= 15 is 0 Å².